The number of nitrogens with zero attached hydrogens (tertiary/aromatic N) is 3. The molecular formula is C16H25N3O. The third-order valence-corrected chi connectivity index (χ3v) is 4.60. The zero-order valence-electron chi connectivity index (χ0n) is 12.6. The van der Waals surface area contributed by atoms with E-state index in [1.807, 2.05) is 0 Å². The van der Waals surface area contributed by atoms with Crippen LogP contribution in [-0.4, -0.2) is 49.8 Å². The Morgan fingerprint density at radius 2 is 2.00 bits per heavy atom. The standard InChI is InChI=1S/C16H25N3O/c1-13-11-16(19-7-9-20-10-8-19)17-12-14(13)15-5-3-4-6-18(15)2/h11-12,15H,3-10H2,1-2H3. The third-order valence-electron chi connectivity index (χ3n) is 4.60. The van der Waals surface area contributed by atoms with Gasteiger partial charge in [0, 0.05) is 25.3 Å². The maximum Gasteiger partial charge on any atom is 0.128 e. The first-order chi connectivity index (χ1) is 9.75. The Morgan fingerprint density at radius 1 is 1.20 bits per heavy atom. The molecule has 0 radical (unpaired) electrons. The van der Waals surface area contributed by atoms with Crippen molar-refractivity contribution in [2.75, 3.05) is 44.8 Å². The van der Waals surface area contributed by atoms with Crippen LogP contribution in [0, 0.1) is 6.92 Å². The summed E-state index contributed by atoms with van der Waals surface area (Å²) in [5.74, 6) is 1.10. The normalized spacial score (nSPS) is 24.9. The number of likely N-dealkylation sites (tertiary alicyclic amines) is 1. The maximum absolute atomic E-state index is 5.41. The fourth-order valence-corrected chi connectivity index (χ4v) is 3.33. The first-order valence-corrected chi connectivity index (χ1v) is 7.75. The minimum atomic E-state index is 0.551. The largest absolute Gasteiger partial charge is 0.378 e. The lowest BCUT2D eigenvalue weighted by molar-refractivity contribution is 0.122. The van der Waals surface area contributed by atoms with Gasteiger partial charge < -0.3 is 9.64 Å². The molecule has 1 aromatic heterocycles. The van der Waals surface area contributed by atoms with Crippen LogP contribution in [0.4, 0.5) is 5.82 Å². The van der Waals surface area contributed by atoms with Gasteiger partial charge in [0.05, 0.1) is 13.2 Å². The molecule has 4 nitrogen and oxygen atoms in total. The lowest BCUT2D eigenvalue weighted by Crippen LogP contribution is -2.37. The van der Waals surface area contributed by atoms with E-state index in [-0.39, 0.29) is 0 Å². The first kappa shape index (κ1) is 13.8. The van der Waals surface area contributed by atoms with Gasteiger partial charge in [0.2, 0.25) is 0 Å². The van der Waals surface area contributed by atoms with Gasteiger partial charge in [-0.2, -0.15) is 0 Å². The van der Waals surface area contributed by atoms with Crippen LogP contribution < -0.4 is 4.90 Å². The van der Waals surface area contributed by atoms with Gasteiger partial charge >= 0.3 is 0 Å². The molecule has 110 valence electrons. The van der Waals surface area contributed by atoms with Crippen LogP contribution in [0.2, 0.25) is 0 Å². The second-order valence-corrected chi connectivity index (χ2v) is 5.99. The van der Waals surface area contributed by atoms with Crippen molar-refractivity contribution >= 4 is 5.82 Å². The highest BCUT2D eigenvalue weighted by Gasteiger charge is 2.23. The molecular weight excluding hydrogens is 250 g/mol. The maximum atomic E-state index is 5.41. The average Bonchev–Trinajstić information content (AvgIpc) is 2.49. The molecule has 0 N–H and O–H groups in total. The van der Waals surface area contributed by atoms with Crippen molar-refractivity contribution in [2.24, 2.45) is 0 Å². The Hall–Kier alpha value is -1.13. The monoisotopic (exact) mass is 275 g/mol. The highest BCUT2D eigenvalue weighted by atomic mass is 16.5. The molecule has 1 unspecified atom stereocenters. The van der Waals surface area contributed by atoms with E-state index in [4.69, 9.17) is 9.72 Å². The summed E-state index contributed by atoms with van der Waals surface area (Å²) in [6.07, 6.45) is 6.02. The Labute approximate surface area is 121 Å². The molecule has 0 saturated carbocycles. The van der Waals surface area contributed by atoms with Gasteiger partial charge in [-0.15, -0.1) is 0 Å². The number of hydrogen-bond acceptors (Lipinski definition) is 4. The van der Waals surface area contributed by atoms with E-state index in [1.165, 1.54) is 36.9 Å². The van der Waals surface area contributed by atoms with E-state index in [0.717, 1.165) is 32.1 Å². The van der Waals surface area contributed by atoms with Gasteiger partial charge in [-0.25, -0.2) is 4.98 Å². The van der Waals surface area contributed by atoms with Crippen LogP contribution in [0.1, 0.15) is 36.4 Å². The Bertz CT molecular complexity index is 457. The van der Waals surface area contributed by atoms with Gasteiger partial charge in [-0.1, -0.05) is 6.42 Å². The molecule has 1 atom stereocenters. The van der Waals surface area contributed by atoms with Gasteiger partial charge in [-0.3, -0.25) is 4.90 Å². The SMILES string of the molecule is Cc1cc(N2CCOCC2)ncc1C1CCCCN1C. The Balaban J connectivity index is 1.79. The molecule has 3 rings (SSSR count). The molecule has 3 heterocycles. The Kier molecular flexibility index (Phi) is 4.22. The minimum absolute atomic E-state index is 0.551. The molecule has 0 aliphatic carbocycles. The second kappa shape index (κ2) is 6.10. The molecule has 2 saturated heterocycles. The summed E-state index contributed by atoms with van der Waals surface area (Å²) in [5, 5.41) is 0. The van der Waals surface area contributed by atoms with Gasteiger partial charge in [0.1, 0.15) is 5.82 Å². The van der Waals surface area contributed by atoms with Crippen molar-refractivity contribution in [3.63, 3.8) is 0 Å². The van der Waals surface area contributed by atoms with Crippen molar-refractivity contribution in [1.82, 2.24) is 9.88 Å². The van der Waals surface area contributed by atoms with Gasteiger partial charge in [0.25, 0.3) is 0 Å². The van der Waals surface area contributed by atoms with E-state index in [1.54, 1.807) is 0 Å². The summed E-state index contributed by atoms with van der Waals surface area (Å²) in [6, 6.07) is 2.80. The molecule has 20 heavy (non-hydrogen) atoms. The van der Waals surface area contributed by atoms with Crippen molar-refractivity contribution < 1.29 is 4.74 Å². The van der Waals surface area contributed by atoms with Crippen LogP contribution in [0.3, 0.4) is 0 Å². The van der Waals surface area contributed by atoms with Crippen LogP contribution in [-0.2, 0) is 4.74 Å². The topological polar surface area (TPSA) is 28.6 Å². The number of rotatable bonds is 2. The van der Waals surface area contributed by atoms with Crippen LogP contribution in [0.5, 0.6) is 0 Å². The van der Waals surface area contributed by atoms with Crippen molar-refractivity contribution in [3.05, 3.63) is 23.4 Å². The summed E-state index contributed by atoms with van der Waals surface area (Å²) < 4.78 is 5.41. The number of ether oxygens (including phenoxy) is 1. The fraction of sp³-hybridized carbons (Fsp3) is 0.688. The highest BCUT2D eigenvalue weighted by molar-refractivity contribution is 5.44. The fourth-order valence-electron chi connectivity index (χ4n) is 3.33. The molecule has 2 fully saturated rings. The van der Waals surface area contributed by atoms with Crippen molar-refractivity contribution in [3.8, 4) is 0 Å². The number of pyridine rings is 1. The molecule has 0 amide bonds. The molecule has 1 aromatic rings. The molecule has 0 aromatic carbocycles. The van der Waals surface area contributed by atoms with Crippen LogP contribution >= 0.6 is 0 Å². The molecule has 0 bridgehead atoms. The van der Waals surface area contributed by atoms with Crippen molar-refractivity contribution in [2.45, 2.75) is 32.2 Å². The number of piperidine rings is 1. The highest BCUT2D eigenvalue weighted by Crippen LogP contribution is 2.32. The van der Waals surface area contributed by atoms with Gasteiger partial charge in [0.15, 0.2) is 0 Å². The molecule has 0 spiro atoms. The smallest absolute Gasteiger partial charge is 0.128 e. The summed E-state index contributed by atoms with van der Waals surface area (Å²) in [7, 11) is 2.24. The molecule has 2 aliphatic rings. The summed E-state index contributed by atoms with van der Waals surface area (Å²) in [5.41, 5.74) is 2.78. The Morgan fingerprint density at radius 3 is 2.70 bits per heavy atom. The third kappa shape index (κ3) is 2.81. The predicted molar refractivity (Wildman–Crippen MR) is 81.2 cm³/mol. The van der Waals surface area contributed by atoms with E-state index in [0.29, 0.717) is 6.04 Å². The minimum Gasteiger partial charge on any atom is -0.378 e. The van der Waals surface area contributed by atoms with Gasteiger partial charge in [-0.05, 0) is 50.6 Å². The van der Waals surface area contributed by atoms with E-state index < -0.39 is 0 Å². The van der Waals surface area contributed by atoms with Crippen molar-refractivity contribution in [1.29, 1.82) is 0 Å². The molecule has 4 heteroatoms. The van der Waals surface area contributed by atoms with E-state index >= 15 is 0 Å². The summed E-state index contributed by atoms with van der Waals surface area (Å²) >= 11 is 0. The number of aromatic nitrogens is 1. The lowest BCUT2D eigenvalue weighted by Gasteiger charge is -2.34. The number of morpholine rings is 1. The summed E-state index contributed by atoms with van der Waals surface area (Å²) in [4.78, 5) is 9.51. The lowest BCUT2D eigenvalue weighted by atomic mass is 9.94. The molecule has 2 aliphatic heterocycles. The quantitative estimate of drug-likeness (QED) is 0.828. The first-order valence-electron chi connectivity index (χ1n) is 7.75. The summed E-state index contributed by atoms with van der Waals surface area (Å²) in [6.45, 7) is 6.96. The zero-order valence-corrected chi connectivity index (χ0v) is 12.6. The van der Waals surface area contributed by atoms with E-state index in [9.17, 15) is 0 Å². The zero-order chi connectivity index (χ0) is 13.9. The number of aryl methyl sites for hydroxylation is 1. The van der Waals surface area contributed by atoms with Crippen LogP contribution in [0.25, 0.3) is 0 Å². The number of anilines is 1. The average molecular weight is 275 g/mol. The second-order valence-electron chi connectivity index (χ2n) is 5.99. The number of hydrogen-bond donors (Lipinski definition) is 0. The predicted octanol–water partition coefficient (Wildman–Crippen LogP) is 2.38. The van der Waals surface area contributed by atoms with Crippen LogP contribution in [0.15, 0.2) is 12.3 Å². The van der Waals surface area contributed by atoms with E-state index in [2.05, 4.69) is 36.0 Å².